The standard InChI is InChI=1S/C12H14N2O/c1-12(2,3)9-4-5-10(13-6-9)11-7-15-8-14-11/h4-8H,1-3H3. The highest BCUT2D eigenvalue weighted by Crippen LogP contribution is 2.23. The van der Waals surface area contributed by atoms with Gasteiger partial charge in [-0.3, -0.25) is 4.98 Å². The van der Waals surface area contributed by atoms with Crippen molar-refractivity contribution < 1.29 is 4.42 Å². The minimum absolute atomic E-state index is 0.134. The summed E-state index contributed by atoms with van der Waals surface area (Å²) >= 11 is 0. The van der Waals surface area contributed by atoms with E-state index in [9.17, 15) is 0 Å². The van der Waals surface area contributed by atoms with Crippen LogP contribution in [0, 0.1) is 0 Å². The Kier molecular flexibility index (Phi) is 2.31. The molecule has 0 aliphatic carbocycles. The maximum atomic E-state index is 4.92. The van der Waals surface area contributed by atoms with Gasteiger partial charge in [-0.15, -0.1) is 0 Å². The van der Waals surface area contributed by atoms with Crippen molar-refractivity contribution in [1.29, 1.82) is 0 Å². The normalized spacial score (nSPS) is 11.7. The Morgan fingerprint density at radius 3 is 2.33 bits per heavy atom. The number of nitrogens with zero attached hydrogens (tertiary/aromatic N) is 2. The van der Waals surface area contributed by atoms with Gasteiger partial charge in [0.05, 0.1) is 5.69 Å². The van der Waals surface area contributed by atoms with Gasteiger partial charge in [-0.05, 0) is 17.0 Å². The monoisotopic (exact) mass is 202 g/mol. The molecule has 0 saturated heterocycles. The first kappa shape index (κ1) is 9.90. The zero-order valence-electron chi connectivity index (χ0n) is 9.19. The first-order chi connectivity index (χ1) is 7.07. The lowest BCUT2D eigenvalue weighted by molar-refractivity contribution is 0.558. The van der Waals surface area contributed by atoms with Gasteiger partial charge in [-0.1, -0.05) is 26.8 Å². The summed E-state index contributed by atoms with van der Waals surface area (Å²) in [7, 11) is 0. The summed E-state index contributed by atoms with van der Waals surface area (Å²) in [6.45, 7) is 6.50. The molecule has 15 heavy (non-hydrogen) atoms. The second-order valence-electron chi connectivity index (χ2n) is 4.56. The van der Waals surface area contributed by atoms with Crippen LogP contribution in [0.3, 0.4) is 0 Å². The molecule has 0 saturated carbocycles. The van der Waals surface area contributed by atoms with Crippen molar-refractivity contribution in [2.45, 2.75) is 26.2 Å². The smallest absolute Gasteiger partial charge is 0.181 e. The van der Waals surface area contributed by atoms with Gasteiger partial charge in [0.15, 0.2) is 6.39 Å². The lowest BCUT2D eigenvalue weighted by Crippen LogP contribution is -2.11. The number of pyridine rings is 1. The molecule has 0 bridgehead atoms. The molecule has 0 amide bonds. The molecule has 0 aromatic carbocycles. The Morgan fingerprint density at radius 2 is 1.87 bits per heavy atom. The van der Waals surface area contributed by atoms with Crippen molar-refractivity contribution in [2.24, 2.45) is 0 Å². The van der Waals surface area contributed by atoms with Crippen LogP contribution in [-0.4, -0.2) is 9.97 Å². The van der Waals surface area contributed by atoms with Crippen LogP contribution in [0.2, 0.25) is 0 Å². The molecule has 78 valence electrons. The first-order valence-electron chi connectivity index (χ1n) is 4.92. The van der Waals surface area contributed by atoms with Crippen LogP contribution in [0.4, 0.5) is 0 Å². The highest BCUT2D eigenvalue weighted by molar-refractivity contribution is 5.52. The SMILES string of the molecule is CC(C)(C)c1ccc(-c2cocn2)nc1. The summed E-state index contributed by atoms with van der Waals surface area (Å²) < 4.78 is 4.92. The first-order valence-corrected chi connectivity index (χ1v) is 4.92. The van der Waals surface area contributed by atoms with Gasteiger partial charge >= 0.3 is 0 Å². The number of rotatable bonds is 1. The molecule has 0 aliphatic rings. The Bertz CT molecular complexity index is 424. The van der Waals surface area contributed by atoms with E-state index in [0.717, 1.165) is 11.4 Å². The summed E-state index contributed by atoms with van der Waals surface area (Å²) in [4.78, 5) is 8.41. The van der Waals surface area contributed by atoms with E-state index < -0.39 is 0 Å². The fourth-order valence-corrected chi connectivity index (χ4v) is 1.33. The summed E-state index contributed by atoms with van der Waals surface area (Å²) in [5.41, 5.74) is 2.97. The Morgan fingerprint density at radius 1 is 1.07 bits per heavy atom. The molecule has 3 nitrogen and oxygen atoms in total. The molecule has 0 spiro atoms. The summed E-state index contributed by atoms with van der Waals surface area (Å²) in [5, 5.41) is 0. The molecule has 2 aromatic rings. The van der Waals surface area contributed by atoms with Gasteiger partial charge < -0.3 is 4.42 Å². The van der Waals surface area contributed by atoms with Crippen LogP contribution < -0.4 is 0 Å². The van der Waals surface area contributed by atoms with E-state index in [0.29, 0.717) is 0 Å². The predicted molar refractivity (Wildman–Crippen MR) is 58.4 cm³/mol. The van der Waals surface area contributed by atoms with E-state index in [2.05, 4.69) is 36.8 Å². The van der Waals surface area contributed by atoms with Gasteiger partial charge in [0.2, 0.25) is 0 Å². The highest BCUT2D eigenvalue weighted by atomic mass is 16.3. The predicted octanol–water partition coefficient (Wildman–Crippen LogP) is 3.03. The number of oxazole rings is 1. The van der Waals surface area contributed by atoms with E-state index >= 15 is 0 Å². The zero-order chi connectivity index (χ0) is 10.9. The van der Waals surface area contributed by atoms with E-state index in [4.69, 9.17) is 4.42 Å². The molecule has 2 rings (SSSR count). The van der Waals surface area contributed by atoms with Crippen molar-refractivity contribution in [3.63, 3.8) is 0 Å². The van der Waals surface area contributed by atoms with E-state index in [-0.39, 0.29) is 5.41 Å². The molecular weight excluding hydrogens is 188 g/mol. The molecule has 3 heteroatoms. The van der Waals surface area contributed by atoms with Gasteiger partial charge in [0, 0.05) is 6.20 Å². The second kappa shape index (κ2) is 3.50. The third-order valence-corrected chi connectivity index (χ3v) is 2.32. The van der Waals surface area contributed by atoms with Crippen molar-refractivity contribution in [3.05, 3.63) is 36.5 Å². The molecule has 0 N–H and O–H groups in total. The van der Waals surface area contributed by atoms with Gasteiger partial charge in [0.1, 0.15) is 12.0 Å². The molecule has 0 unspecified atom stereocenters. The average Bonchev–Trinajstić information content (AvgIpc) is 2.69. The molecule has 0 fully saturated rings. The van der Waals surface area contributed by atoms with Gasteiger partial charge in [-0.25, -0.2) is 4.98 Å². The Balaban J connectivity index is 2.33. The number of aromatic nitrogens is 2. The van der Waals surface area contributed by atoms with Crippen molar-refractivity contribution in [3.8, 4) is 11.4 Å². The lowest BCUT2D eigenvalue weighted by Gasteiger charge is -2.18. The Hall–Kier alpha value is -1.64. The molecule has 0 radical (unpaired) electrons. The number of hydrogen-bond donors (Lipinski definition) is 0. The summed E-state index contributed by atoms with van der Waals surface area (Å²) in [6.07, 6.45) is 4.90. The third-order valence-electron chi connectivity index (χ3n) is 2.32. The van der Waals surface area contributed by atoms with Crippen LogP contribution in [0.25, 0.3) is 11.4 Å². The molecule has 2 aromatic heterocycles. The molecule has 0 atom stereocenters. The maximum Gasteiger partial charge on any atom is 0.181 e. The largest absolute Gasteiger partial charge is 0.451 e. The third kappa shape index (κ3) is 2.06. The fraction of sp³-hybridized carbons (Fsp3) is 0.333. The fourth-order valence-electron chi connectivity index (χ4n) is 1.33. The Labute approximate surface area is 89.2 Å². The van der Waals surface area contributed by atoms with E-state index in [1.807, 2.05) is 12.3 Å². The molecule has 0 aliphatic heterocycles. The quantitative estimate of drug-likeness (QED) is 0.713. The zero-order valence-corrected chi connectivity index (χ0v) is 9.19. The van der Waals surface area contributed by atoms with Crippen molar-refractivity contribution in [1.82, 2.24) is 9.97 Å². The topological polar surface area (TPSA) is 38.9 Å². The van der Waals surface area contributed by atoms with Crippen molar-refractivity contribution >= 4 is 0 Å². The van der Waals surface area contributed by atoms with Gasteiger partial charge in [0.25, 0.3) is 0 Å². The van der Waals surface area contributed by atoms with Crippen LogP contribution >= 0.6 is 0 Å². The van der Waals surface area contributed by atoms with Crippen LogP contribution in [-0.2, 0) is 5.41 Å². The molecule has 2 heterocycles. The maximum absolute atomic E-state index is 4.92. The van der Waals surface area contributed by atoms with Crippen LogP contribution in [0.1, 0.15) is 26.3 Å². The van der Waals surface area contributed by atoms with Crippen molar-refractivity contribution in [2.75, 3.05) is 0 Å². The van der Waals surface area contributed by atoms with Gasteiger partial charge in [-0.2, -0.15) is 0 Å². The molecular formula is C12H14N2O. The second-order valence-corrected chi connectivity index (χ2v) is 4.56. The minimum atomic E-state index is 0.134. The minimum Gasteiger partial charge on any atom is -0.451 e. The summed E-state index contributed by atoms with van der Waals surface area (Å²) in [5.74, 6) is 0. The lowest BCUT2D eigenvalue weighted by atomic mass is 9.88. The van der Waals surface area contributed by atoms with E-state index in [1.54, 1.807) is 6.26 Å². The highest BCUT2D eigenvalue weighted by Gasteiger charge is 2.14. The van der Waals surface area contributed by atoms with Crippen LogP contribution in [0.5, 0.6) is 0 Å². The number of hydrogen-bond acceptors (Lipinski definition) is 3. The summed E-state index contributed by atoms with van der Waals surface area (Å²) in [6, 6.07) is 4.05. The van der Waals surface area contributed by atoms with Crippen LogP contribution in [0.15, 0.2) is 35.4 Å². The average molecular weight is 202 g/mol. The van der Waals surface area contributed by atoms with E-state index in [1.165, 1.54) is 12.0 Å².